The normalized spacial score (nSPS) is 11.4. The van der Waals surface area contributed by atoms with Gasteiger partial charge in [-0.25, -0.2) is 0 Å². The first kappa shape index (κ1) is 18.0. The van der Waals surface area contributed by atoms with Gasteiger partial charge in [-0.3, -0.25) is 9.59 Å². The predicted molar refractivity (Wildman–Crippen MR) is 114 cm³/mol. The molecule has 0 unspecified atom stereocenters. The molecule has 2 heterocycles. The van der Waals surface area contributed by atoms with Crippen LogP contribution in [0.5, 0.6) is 0 Å². The van der Waals surface area contributed by atoms with Gasteiger partial charge in [0.2, 0.25) is 0 Å². The number of carbonyl (C=O) groups is 1. The summed E-state index contributed by atoms with van der Waals surface area (Å²) in [5, 5.41) is 5.21. The molecule has 4 rings (SSSR count). The van der Waals surface area contributed by atoms with Gasteiger partial charge in [-0.05, 0) is 36.6 Å². The average molecular weight is 373 g/mol. The van der Waals surface area contributed by atoms with Crippen LogP contribution in [-0.4, -0.2) is 15.5 Å². The van der Waals surface area contributed by atoms with Crippen LogP contribution in [0.1, 0.15) is 30.6 Å². The highest BCUT2D eigenvalue weighted by atomic mass is 16.2. The second-order valence-corrected chi connectivity index (χ2v) is 7.47. The number of hydrogen-bond acceptors (Lipinski definition) is 2. The zero-order chi connectivity index (χ0) is 19.7. The number of benzene rings is 2. The van der Waals surface area contributed by atoms with Gasteiger partial charge in [0, 0.05) is 40.6 Å². The van der Waals surface area contributed by atoms with Crippen molar-refractivity contribution in [3.05, 3.63) is 76.8 Å². The maximum Gasteiger partial charge on any atom is 0.258 e. The zero-order valence-corrected chi connectivity index (χ0v) is 16.0. The fourth-order valence-corrected chi connectivity index (χ4v) is 3.47. The Kier molecular flexibility index (Phi) is 4.74. The van der Waals surface area contributed by atoms with Gasteiger partial charge in [-0.15, -0.1) is 0 Å². The van der Waals surface area contributed by atoms with Crippen LogP contribution in [-0.2, 0) is 6.54 Å². The van der Waals surface area contributed by atoms with Gasteiger partial charge in [0.25, 0.3) is 11.5 Å². The molecule has 5 nitrogen and oxygen atoms in total. The minimum atomic E-state index is -0.219. The molecule has 0 aliphatic rings. The monoisotopic (exact) mass is 373 g/mol. The number of aryl methyl sites for hydroxylation is 1. The van der Waals surface area contributed by atoms with E-state index in [1.165, 1.54) is 0 Å². The van der Waals surface area contributed by atoms with Crippen LogP contribution in [0.2, 0.25) is 0 Å². The number of hydrogen-bond donors (Lipinski definition) is 2. The quantitative estimate of drug-likeness (QED) is 0.529. The van der Waals surface area contributed by atoms with Gasteiger partial charge < -0.3 is 14.9 Å². The van der Waals surface area contributed by atoms with Crippen molar-refractivity contribution in [1.82, 2.24) is 9.55 Å². The molecule has 2 aromatic carbocycles. The van der Waals surface area contributed by atoms with Crippen molar-refractivity contribution in [1.29, 1.82) is 0 Å². The Morgan fingerprint density at radius 1 is 1.04 bits per heavy atom. The number of pyridine rings is 1. The number of nitrogens with one attached hydrogen (secondary N) is 2. The molecule has 0 saturated heterocycles. The molecule has 2 aromatic heterocycles. The van der Waals surface area contributed by atoms with E-state index in [2.05, 4.69) is 24.1 Å². The molecule has 0 bridgehead atoms. The second-order valence-electron chi connectivity index (χ2n) is 7.47. The summed E-state index contributed by atoms with van der Waals surface area (Å²) < 4.78 is 1.66. The minimum Gasteiger partial charge on any atom is -0.361 e. The predicted octanol–water partition coefficient (Wildman–Crippen LogP) is 4.78. The molecule has 28 heavy (non-hydrogen) atoms. The summed E-state index contributed by atoms with van der Waals surface area (Å²) in [5.41, 5.74) is 2.16. The number of fused-ring (bicyclic) bond motifs is 2. The standard InChI is InChI=1S/C23H23N3O2/c1-15(2)11-13-26-14-19(16-6-3-4-7-17(16)23(26)28)22(27)25-21-9-5-8-20-18(21)10-12-24-20/h3-10,12,14-15,24H,11,13H2,1-2H3,(H,25,27). The summed E-state index contributed by atoms with van der Waals surface area (Å²) in [4.78, 5) is 29.1. The summed E-state index contributed by atoms with van der Waals surface area (Å²) in [6.45, 7) is 4.84. The average Bonchev–Trinajstić information content (AvgIpc) is 3.17. The summed E-state index contributed by atoms with van der Waals surface area (Å²) >= 11 is 0. The van der Waals surface area contributed by atoms with E-state index in [0.717, 1.165) is 23.0 Å². The van der Waals surface area contributed by atoms with Crippen LogP contribution in [0.25, 0.3) is 21.7 Å². The first-order chi connectivity index (χ1) is 13.5. The Hall–Kier alpha value is -3.34. The fraction of sp³-hybridized carbons (Fsp3) is 0.217. The van der Waals surface area contributed by atoms with Gasteiger partial charge >= 0.3 is 0 Å². The van der Waals surface area contributed by atoms with Crippen molar-refractivity contribution < 1.29 is 4.79 Å². The second kappa shape index (κ2) is 7.35. The van der Waals surface area contributed by atoms with Crippen molar-refractivity contribution >= 4 is 33.3 Å². The molecule has 4 aromatic rings. The molecule has 2 N–H and O–H groups in total. The number of carbonyl (C=O) groups excluding carboxylic acids is 1. The third-order valence-corrected chi connectivity index (χ3v) is 5.03. The summed E-state index contributed by atoms with van der Waals surface area (Å²) in [7, 11) is 0. The van der Waals surface area contributed by atoms with Crippen LogP contribution in [0, 0.1) is 5.92 Å². The zero-order valence-electron chi connectivity index (χ0n) is 16.0. The SMILES string of the molecule is CC(C)CCn1cc(C(=O)Nc2cccc3[nH]ccc23)c2ccccc2c1=O. The topological polar surface area (TPSA) is 66.9 Å². The molecule has 0 saturated carbocycles. The van der Waals surface area contributed by atoms with E-state index in [9.17, 15) is 9.59 Å². The molecule has 0 aliphatic carbocycles. The van der Waals surface area contributed by atoms with Gasteiger partial charge in [0.1, 0.15) is 0 Å². The molecule has 1 amide bonds. The number of nitrogens with zero attached hydrogens (tertiary/aromatic N) is 1. The van der Waals surface area contributed by atoms with E-state index in [1.807, 2.05) is 48.7 Å². The van der Waals surface area contributed by atoms with Crippen LogP contribution < -0.4 is 10.9 Å². The van der Waals surface area contributed by atoms with Crippen LogP contribution in [0.15, 0.2) is 65.7 Å². The number of rotatable bonds is 5. The first-order valence-electron chi connectivity index (χ1n) is 9.54. The lowest BCUT2D eigenvalue weighted by atomic mass is 10.1. The molecular formula is C23H23N3O2. The van der Waals surface area contributed by atoms with E-state index in [1.54, 1.807) is 16.8 Å². The van der Waals surface area contributed by atoms with Gasteiger partial charge in [-0.1, -0.05) is 38.1 Å². The molecule has 0 atom stereocenters. The highest BCUT2D eigenvalue weighted by Gasteiger charge is 2.16. The number of H-pyrrole nitrogens is 1. The van der Waals surface area contributed by atoms with Crippen molar-refractivity contribution in [2.75, 3.05) is 5.32 Å². The highest BCUT2D eigenvalue weighted by Crippen LogP contribution is 2.24. The third kappa shape index (κ3) is 3.31. The highest BCUT2D eigenvalue weighted by molar-refractivity contribution is 6.14. The number of amides is 1. The van der Waals surface area contributed by atoms with E-state index in [4.69, 9.17) is 0 Å². The van der Waals surface area contributed by atoms with E-state index in [-0.39, 0.29) is 11.5 Å². The van der Waals surface area contributed by atoms with Crippen LogP contribution in [0.4, 0.5) is 5.69 Å². The number of anilines is 1. The fourth-order valence-electron chi connectivity index (χ4n) is 3.47. The first-order valence-corrected chi connectivity index (χ1v) is 9.54. The van der Waals surface area contributed by atoms with Crippen molar-refractivity contribution in [2.24, 2.45) is 5.92 Å². The molecule has 0 radical (unpaired) electrons. The van der Waals surface area contributed by atoms with E-state index in [0.29, 0.717) is 28.8 Å². The molecule has 142 valence electrons. The molecule has 0 spiro atoms. The Labute approximate surface area is 163 Å². The lowest BCUT2D eigenvalue weighted by Crippen LogP contribution is -2.24. The smallest absolute Gasteiger partial charge is 0.258 e. The molecule has 5 heteroatoms. The Morgan fingerprint density at radius 2 is 1.82 bits per heavy atom. The maximum atomic E-state index is 13.2. The third-order valence-electron chi connectivity index (χ3n) is 5.03. The van der Waals surface area contributed by atoms with Gasteiger partial charge in [0.15, 0.2) is 0 Å². The minimum absolute atomic E-state index is 0.0551. The maximum absolute atomic E-state index is 13.2. The molecular weight excluding hydrogens is 350 g/mol. The van der Waals surface area contributed by atoms with E-state index < -0.39 is 0 Å². The number of aromatic nitrogens is 2. The lowest BCUT2D eigenvalue weighted by molar-refractivity contribution is 0.102. The van der Waals surface area contributed by atoms with Crippen LogP contribution >= 0.6 is 0 Å². The summed E-state index contributed by atoms with van der Waals surface area (Å²) in [5.74, 6) is 0.255. The van der Waals surface area contributed by atoms with Crippen LogP contribution in [0.3, 0.4) is 0 Å². The molecule has 0 aliphatic heterocycles. The lowest BCUT2D eigenvalue weighted by Gasteiger charge is -2.14. The van der Waals surface area contributed by atoms with Gasteiger partial charge in [0.05, 0.1) is 11.3 Å². The summed E-state index contributed by atoms with van der Waals surface area (Å²) in [6, 6.07) is 15.0. The van der Waals surface area contributed by atoms with Gasteiger partial charge in [-0.2, -0.15) is 0 Å². The molecule has 0 fully saturated rings. The van der Waals surface area contributed by atoms with Crippen molar-refractivity contribution in [3.63, 3.8) is 0 Å². The van der Waals surface area contributed by atoms with E-state index >= 15 is 0 Å². The van der Waals surface area contributed by atoms with Crippen molar-refractivity contribution in [2.45, 2.75) is 26.8 Å². The summed E-state index contributed by atoms with van der Waals surface area (Å²) in [6.07, 6.45) is 4.42. The Bertz CT molecular complexity index is 1220. The Balaban J connectivity index is 1.78. The largest absolute Gasteiger partial charge is 0.361 e. The van der Waals surface area contributed by atoms with Crippen molar-refractivity contribution in [3.8, 4) is 0 Å². The number of aromatic amines is 1. The Morgan fingerprint density at radius 3 is 2.61 bits per heavy atom.